The van der Waals surface area contributed by atoms with Gasteiger partial charge in [-0.25, -0.2) is 8.42 Å². The van der Waals surface area contributed by atoms with E-state index in [4.69, 9.17) is 46.4 Å². The number of nitrogens with zero attached hydrogens (tertiary/aromatic N) is 2. The second-order valence-electron chi connectivity index (χ2n) is 7.97. The normalized spacial score (nSPS) is 12.1. The summed E-state index contributed by atoms with van der Waals surface area (Å²) in [6, 6.07) is 15.7. The first-order valence-electron chi connectivity index (χ1n) is 10.9. The molecule has 12 heteroatoms. The van der Waals surface area contributed by atoms with Crippen LogP contribution in [0.4, 0.5) is 5.69 Å². The van der Waals surface area contributed by atoms with E-state index in [9.17, 15) is 18.0 Å². The number of carbonyl (C=O) groups excluding carboxylic acids is 2. The molecule has 37 heavy (non-hydrogen) atoms. The highest BCUT2D eigenvalue weighted by Crippen LogP contribution is 2.31. The standard InChI is InChI=1S/C25H23Cl4N3O4S/c1-16(25(34)30-2)31(14-17-8-9-18(26)12-22(17)28)24(33)15-32(19-10-11-21(27)23(29)13-19)37(35,36)20-6-4-3-5-7-20/h3-13,16H,14-15H2,1-2H3,(H,30,34). The first kappa shape index (κ1) is 29.1. The third-order valence-electron chi connectivity index (χ3n) is 5.57. The Hall–Kier alpha value is -2.49. The number of carbonyl (C=O) groups is 2. The summed E-state index contributed by atoms with van der Waals surface area (Å²) in [5.41, 5.74) is 0.658. The van der Waals surface area contributed by atoms with Crippen LogP contribution >= 0.6 is 46.4 Å². The third-order valence-corrected chi connectivity index (χ3v) is 8.68. The lowest BCUT2D eigenvalue weighted by Crippen LogP contribution is -2.50. The van der Waals surface area contributed by atoms with E-state index in [0.717, 1.165) is 4.31 Å². The number of rotatable bonds is 9. The van der Waals surface area contributed by atoms with E-state index in [1.807, 2.05) is 0 Å². The van der Waals surface area contributed by atoms with Crippen LogP contribution in [0.25, 0.3) is 0 Å². The SMILES string of the molecule is CNC(=O)C(C)N(Cc1ccc(Cl)cc1Cl)C(=O)CN(c1ccc(Cl)c(Cl)c1)S(=O)(=O)c1ccccc1. The fourth-order valence-corrected chi connectivity index (χ4v) is 5.70. The van der Waals surface area contributed by atoms with Crippen LogP contribution in [0, 0.1) is 0 Å². The Morgan fingerprint density at radius 2 is 1.57 bits per heavy atom. The van der Waals surface area contributed by atoms with Crippen molar-refractivity contribution in [2.75, 3.05) is 17.9 Å². The van der Waals surface area contributed by atoms with Gasteiger partial charge in [-0.1, -0.05) is 70.7 Å². The summed E-state index contributed by atoms with van der Waals surface area (Å²) in [6.45, 7) is 0.849. The van der Waals surface area contributed by atoms with Gasteiger partial charge in [0.05, 0.1) is 20.6 Å². The molecule has 1 N–H and O–H groups in total. The van der Waals surface area contributed by atoms with Crippen molar-refractivity contribution in [1.82, 2.24) is 10.2 Å². The van der Waals surface area contributed by atoms with Crippen molar-refractivity contribution in [3.05, 3.63) is 92.4 Å². The molecule has 0 heterocycles. The van der Waals surface area contributed by atoms with Gasteiger partial charge in [-0.2, -0.15) is 0 Å². The minimum atomic E-state index is -4.21. The summed E-state index contributed by atoms with van der Waals surface area (Å²) in [4.78, 5) is 27.5. The number of amides is 2. The third kappa shape index (κ3) is 6.89. The van der Waals surface area contributed by atoms with Gasteiger partial charge in [0.1, 0.15) is 12.6 Å². The maximum atomic E-state index is 13.7. The van der Waals surface area contributed by atoms with Crippen molar-refractivity contribution in [3.8, 4) is 0 Å². The second kappa shape index (κ2) is 12.4. The molecule has 196 valence electrons. The topological polar surface area (TPSA) is 86.8 Å². The maximum absolute atomic E-state index is 13.7. The molecule has 3 aromatic rings. The lowest BCUT2D eigenvalue weighted by Gasteiger charge is -2.32. The Balaban J connectivity index is 2.06. The van der Waals surface area contributed by atoms with Gasteiger partial charge in [0.2, 0.25) is 11.8 Å². The van der Waals surface area contributed by atoms with Crippen LogP contribution in [-0.4, -0.2) is 44.8 Å². The van der Waals surface area contributed by atoms with Crippen molar-refractivity contribution in [2.45, 2.75) is 24.4 Å². The number of hydrogen-bond donors (Lipinski definition) is 1. The van der Waals surface area contributed by atoms with Gasteiger partial charge in [-0.15, -0.1) is 0 Å². The molecule has 0 bridgehead atoms. The minimum Gasteiger partial charge on any atom is -0.357 e. The molecule has 3 aromatic carbocycles. The predicted octanol–water partition coefficient (Wildman–Crippen LogP) is 5.66. The fourth-order valence-electron chi connectivity index (χ4n) is 3.51. The van der Waals surface area contributed by atoms with Crippen LogP contribution in [0.2, 0.25) is 20.1 Å². The highest BCUT2D eigenvalue weighted by atomic mass is 35.5. The molecular formula is C25H23Cl4N3O4S. The van der Waals surface area contributed by atoms with Gasteiger partial charge < -0.3 is 10.2 Å². The van der Waals surface area contributed by atoms with E-state index < -0.39 is 34.4 Å². The summed E-state index contributed by atoms with van der Waals surface area (Å²) in [5, 5.41) is 3.56. The average molecular weight is 603 g/mol. The van der Waals surface area contributed by atoms with E-state index in [0.29, 0.717) is 15.6 Å². The zero-order valence-electron chi connectivity index (χ0n) is 19.8. The lowest BCUT2D eigenvalue weighted by molar-refractivity contribution is -0.139. The number of likely N-dealkylation sites (N-methyl/N-ethyl adjacent to an activating group) is 1. The predicted molar refractivity (Wildman–Crippen MR) is 148 cm³/mol. The summed E-state index contributed by atoms with van der Waals surface area (Å²) in [7, 11) is -2.77. The Labute approximate surface area is 235 Å². The smallest absolute Gasteiger partial charge is 0.264 e. The Morgan fingerprint density at radius 1 is 0.892 bits per heavy atom. The zero-order valence-corrected chi connectivity index (χ0v) is 23.6. The van der Waals surface area contributed by atoms with Crippen LogP contribution in [-0.2, 0) is 26.2 Å². The number of nitrogens with one attached hydrogen (secondary N) is 1. The van der Waals surface area contributed by atoms with Crippen LogP contribution in [0.15, 0.2) is 71.6 Å². The largest absolute Gasteiger partial charge is 0.357 e. The number of sulfonamides is 1. The second-order valence-corrected chi connectivity index (χ2v) is 11.5. The summed E-state index contributed by atoms with van der Waals surface area (Å²) in [6.07, 6.45) is 0. The minimum absolute atomic E-state index is 0.0273. The first-order chi connectivity index (χ1) is 17.4. The van der Waals surface area contributed by atoms with Crippen LogP contribution < -0.4 is 9.62 Å². The Kier molecular flexibility index (Phi) is 9.72. The highest BCUT2D eigenvalue weighted by Gasteiger charge is 2.32. The Bertz CT molecular complexity index is 1400. The number of halogens is 4. The van der Waals surface area contributed by atoms with Gasteiger partial charge in [0.25, 0.3) is 10.0 Å². The van der Waals surface area contributed by atoms with Crippen LogP contribution in [0.1, 0.15) is 12.5 Å². The molecule has 0 radical (unpaired) electrons. The number of anilines is 1. The number of hydrogen-bond acceptors (Lipinski definition) is 4. The summed E-state index contributed by atoms with van der Waals surface area (Å²) < 4.78 is 28.3. The van der Waals surface area contributed by atoms with Crippen molar-refractivity contribution in [2.24, 2.45) is 0 Å². The van der Waals surface area contributed by atoms with Crippen molar-refractivity contribution >= 4 is 73.9 Å². The Morgan fingerprint density at radius 3 is 2.16 bits per heavy atom. The molecular weight excluding hydrogens is 580 g/mol. The van der Waals surface area contributed by atoms with Gasteiger partial charge in [0, 0.05) is 23.6 Å². The molecule has 1 atom stereocenters. The molecule has 3 rings (SSSR count). The molecule has 0 spiro atoms. The number of benzene rings is 3. The van der Waals surface area contributed by atoms with Crippen LogP contribution in [0.5, 0.6) is 0 Å². The summed E-state index contributed by atoms with van der Waals surface area (Å²) >= 11 is 24.5. The molecule has 0 aromatic heterocycles. The molecule has 0 saturated carbocycles. The molecule has 0 aliphatic rings. The van der Waals surface area contributed by atoms with E-state index >= 15 is 0 Å². The summed E-state index contributed by atoms with van der Waals surface area (Å²) in [5.74, 6) is -1.09. The van der Waals surface area contributed by atoms with Gasteiger partial charge in [-0.3, -0.25) is 13.9 Å². The van der Waals surface area contributed by atoms with E-state index in [2.05, 4.69) is 5.32 Å². The lowest BCUT2D eigenvalue weighted by atomic mass is 10.1. The van der Waals surface area contributed by atoms with Crippen LogP contribution in [0.3, 0.4) is 0 Å². The highest BCUT2D eigenvalue weighted by molar-refractivity contribution is 7.92. The first-order valence-corrected chi connectivity index (χ1v) is 13.9. The van der Waals surface area contributed by atoms with Gasteiger partial charge in [0.15, 0.2) is 0 Å². The molecule has 0 aliphatic heterocycles. The zero-order chi connectivity index (χ0) is 27.3. The van der Waals surface area contributed by atoms with Gasteiger partial charge >= 0.3 is 0 Å². The monoisotopic (exact) mass is 601 g/mol. The molecule has 1 unspecified atom stereocenters. The quantitative estimate of drug-likeness (QED) is 0.342. The molecule has 7 nitrogen and oxygen atoms in total. The molecule has 0 saturated heterocycles. The van der Waals surface area contributed by atoms with Crippen molar-refractivity contribution in [3.63, 3.8) is 0 Å². The molecule has 2 amide bonds. The van der Waals surface area contributed by atoms with Crippen molar-refractivity contribution in [1.29, 1.82) is 0 Å². The van der Waals surface area contributed by atoms with E-state index in [-0.39, 0.29) is 27.2 Å². The van der Waals surface area contributed by atoms with Crippen molar-refractivity contribution < 1.29 is 18.0 Å². The molecule has 0 aliphatic carbocycles. The maximum Gasteiger partial charge on any atom is 0.264 e. The average Bonchev–Trinajstić information content (AvgIpc) is 2.88. The molecule has 0 fully saturated rings. The van der Waals surface area contributed by atoms with E-state index in [1.165, 1.54) is 55.3 Å². The van der Waals surface area contributed by atoms with Gasteiger partial charge in [-0.05, 0) is 55.0 Å². The fraction of sp³-hybridized carbons (Fsp3) is 0.200. The van der Waals surface area contributed by atoms with E-state index in [1.54, 1.807) is 30.3 Å².